The number of aromatic nitrogens is 2. The van der Waals surface area contributed by atoms with Crippen LogP contribution < -0.4 is 14.2 Å². The van der Waals surface area contributed by atoms with Crippen LogP contribution >= 0.6 is 0 Å². The van der Waals surface area contributed by atoms with Crippen LogP contribution in [0.15, 0.2) is 35.6 Å². The predicted molar refractivity (Wildman–Crippen MR) is 97.3 cm³/mol. The topological polar surface area (TPSA) is 91.7 Å². The van der Waals surface area contributed by atoms with Crippen molar-refractivity contribution in [3.05, 3.63) is 36.4 Å². The molecule has 2 aliphatic heterocycles. The van der Waals surface area contributed by atoms with Crippen LogP contribution in [0.4, 0.5) is 0 Å². The number of aryl methyl sites for hydroxylation is 1. The van der Waals surface area contributed by atoms with E-state index in [2.05, 4.69) is 9.71 Å². The number of hydrogen-bond acceptors (Lipinski definition) is 6. The van der Waals surface area contributed by atoms with E-state index in [1.165, 1.54) is 6.07 Å². The minimum Gasteiger partial charge on any atom is -0.490 e. The van der Waals surface area contributed by atoms with Crippen molar-refractivity contribution in [2.75, 3.05) is 19.8 Å². The van der Waals surface area contributed by atoms with Crippen LogP contribution in [0.2, 0.25) is 0 Å². The molecular formula is C18H23N3O5S. The first kappa shape index (κ1) is 18.3. The van der Waals surface area contributed by atoms with Gasteiger partial charge in [0.1, 0.15) is 6.10 Å². The molecule has 27 heavy (non-hydrogen) atoms. The Morgan fingerprint density at radius 3 is 2.78 bits per heavy atom. The molecule has 146 valence electrons. The monoisotopic (exact) mass is 393 g/mol. The highest BCUT2D eigenvalue weighted by atomic mass is 32.2. The van der Waals surface area contributed by atoms with Gasteiger partial charge in [-0.25, -0.2) is 18.1 Å². The summed E-state index contributed by atoms with van der Waals surface area (Å²) in [6.07, 6.45) is 5.24. The second kappa shape index (κ2) is 7.49. The molecule has 1 N–H and O–H groups in total. The molecule has 1 fully saturated rings. The summed E-state index contributed by atoms with van der Waals surface area (Å²) in [6.45, 7) is 1.56. The maximum atomic E-state index is 12.9. The zero-order valence-corrected chi connectivity index (χ0v) is 15.9. The third-order valence-corrected chi connectivity index (χ3v) is 6.34. The third-order valence-electron chi connectivity index (χ3n) is 4.82. The third kappa shape index (κ3) is 3.95. The zero-order chi connectivity index (χ0) is 18.9. The summed E-state index contributed by atoms with van der Waals surface area (Å²) in [5.41, 5.74) is 0.939. The summed E-state index contributed by atoms with van der Waals surface area (Å²) in [5, 5.41) is 0. The zero-order valence-electron chi connectivity index (χ0n) is 15.1. The predicted octanol–water partition coefficient (Wildman–Crippen LogP) is 1.78. The van der Waals surface area contributed by atoms with E-state index in [1.807, 2.05) is 11.6 Å². The van der Waals surface area contributed by atoms with Gasteiger partial charge in [-0.05, 0) is 25.0 Å². The molecule has 0 amide bonds. The Bertz CT molecular complexity index is 911. The van der Waals surface area contributed by atoms with E-state index in [-0.39, 0.29) is 17.0 Å². The molecule has 2 atom stereocenters. The Kier molecular flexibility index (Phi) is 5.07. The summed E-state index contributed by atoms with van der Waals surface area (Å²) >= 11 is 0. The van der Waals surface area contributed by atoms with Crippen molar-refractivity contribution in [2.24, 2.45) is 7.05 Å². The molecule has 2 aromatic rings. The molecule has 2 aliphatic rings. The Morgan fingerprint density at radius 1 is 1.19 bits per heavy atom. The molecule has 0 aliphatic carbocycles. The Balaban J connectivity index is 1.49. The first-order valence-corrected chi connectivity index (χ1v) is 10.5. The number of ether oxygens (including phenoxy) is 3. The minimum atomic E-state index is -3.67. The molecule has 0 radical (unpaired) electrons. The second-order valence-corrected chi connectivity index (χ2v) is 8.50. The summed E-state index contributed by atoms with van der Waals surface area (Å²) in [7, 11) is -1.77. The molecule has 3 heterocycles. The fourth-order valence-corrected chi connectivity index (χ4v) is 4.68. The maximum absolute atomic E-state index is 12.9. The van der Waals surface area contributed by atoms with Crippen molar-refractivity contribution in [3.63, 3.8) is 0 Å². The molecular weight excluding hydrogens is 370 g/mol. The molecule has 1 aromatic carbocycles. The standard InChI is InChI=1S/C18H23N3O5S/c1-21-12-19-11-15(21)17-9-13(5-8-26-17)20-27(22,23)14-3-4-16-18(10-14)25-7-2-6-24-16/h3-4,10-13,17,20H,2,5-9H2,1H3/t13-,17+/m0/s1. The lowest BCUT2D eigenvalue weighted by atomic mass is 10.0. The number of benzene rings is 1. The number of hydrogen-bond donors (Lipinski definition) is 1. The van der Waals surface area contributed by atoms with Crippen LogP contribution in [-0.4, -0.2) is 43.8 Å². The number of sulfonamides is 1. The highest BCUT2D eigenvalue weighted by molar-refractivity contribution is 7.89. The van der Waals surface area contributed by atoms with Gasteiger partial charge in [-0.1, -0.05) is 0 Å². The molecule has 0 unspecified atom stereocenters. The Labute approximate surface area is 158 Å². The van der Waals surface area contributed by atoms with E-state index in [0.717, 1.165) is 12.1 Å². The first-order valence-electron chi connectivity index (χ1n) is 9.03. The fourth-order valence-electron chi connectivity index (χ4n) is 3.39. The van der Waals surface area contributed by atoms with Crippen LogP contribution in [0, 0.1) is 0 Å². The lowest BCUT2D eigenvalue weighted by molar-refractivity contribution is -0.0000453. The van der Waals surface area contributed by atoms with Crippen molar-refractivity contribution in [1.82, 2.24) is 14.3 Å². The van der Waals surface area contributed by atoms with Crippen molar-refractivity contribution < 1.29 is 22.6 Å². The summed E-state index contributed by atoms with van der Waals surface area (Å²) in [4.78, 5) is 4.29. The summed E-state index contributed by atoms with van der Waals surface area (Å²) < 4.78 is 47.4. The largest absolute Gasteiger partial charge is 0.490 e. The van der Waals surface area contributed by atoms with Crippen LogP contribution in [0.3, 0.4) is 0 Å². The van der Waals surface area contributed by atoms with Crippen molar-refractivity contribution >= 4 is 10.0 Å². The maximum Gasteiger partial charge on any atom is 0.240 e. The average Bonchev–Trinajstić information content (AvgIpc) is 2.94. The molecule has 1 saturated heterocycles. The number of nitrogens with zero attached hydrogens (tertiary/aromatic N) is 2. The molecule has 8 nitrogen and oxygen atoms in total. The van der Waals surface area contributed by atoms with Gasteiger partial charge < -0.3 is 18.8 Å². The number of nitrogens with one attached hydrogen (secondary N) is 1. The van der Waals surface area contributed by atoms with Gasteiger partial charge in [0.05, 0.1) is 36.3 Å². The minimum absolute atomic E-state index is 0.176. The highest BCUT2D eigenvalue weighted by Crippen LogP contribution is 2.33. The molecule has 4 rings (SSSR count). The van der Waals surface area contributed by atoms with Gasteiger partial charge in [-0.2, -0.15) is 0 Å². The van der Waals surface area contributed by atoms with Gasteiger partial charge >= 0.3 is 0 Å². The van der Waals surface area contributed by atoms with Crippen molar-refractivity contribution in [3.8, 4) is 11.5 Å². The second-order valence-electron chi connectivity index (χ2n) is 6.79. The van der Waals surface area contributed by atoms with E-state index in [9.17, 15) is 8.42 Å². The van der Waals surface area contributed by atoms with Crippen LogP contribution in [0.25, 0.3) is 0 Å². The van der Waals surface area contributed by atoms with Crippen LogP contribution in [0.1, 0.15) is 31.1 Å². The van der Waals surface area contributed by atoms with Gasteiger partial charge in [0.2, 0.25) is 10.0 Å². The van der Waals surface area contributed by atoms with Gasteiger partial charge in [-0.3, -0.25) is 0 Å². The van der Waals surface area contributed by atoms with E-state index >= 15 is 0 Å². The normalized spacial score (nSPS) is 23.0. The highest BCUT2D eigenvalue weighted by Gasteiger charge is 2.29. The Morgan fingerprint density at radius 2 is 2.00 bits per heavy atom. The van der Waals surface area contributed by atoms with Crippen molar-refractivity contribution in [2.45, 2.75) is 36.3 Å². The number of fused-ring (bicyclic) bond motifs is 1. The number of imidazole rings is 1. The van der Waals surface area contributed by atoms with Gasteiger partial charge in [0.25, 0.3) is 0 Å². The quantitative estimate of drug-likeness (QED) is 0.851. The summed E-state index contributed by atoms with van der Waals surface area (Å²) in [6, 6.07) is 4.52. The lowest BCUT2D eigenvalue weighted by Crippen LogP contribution is -2.40. The van der Waals surface area contributed by atoms with Crippen molar-refractivity contribution in [1.29, 1.82) is 0 Å². The smallest absolute Gasteiger partial charge is 0.240 e. The van der Waals surface area contributed by atoms with E-state index < -0.39 is 10.0 Å². The first-order chi connectivity index (χ1) is 13.0. The molecule has 0 spiro atoms. The Hall–Kier alpha value is -2.10. The van der Waals surface area contributed by atoms with Gasteiger partial charge in [0.15, 0.2) is 11.5 Å². The lowest BCUT2D eigenvalue weighted by Gasteiger charge is -2.30. The van der Waals surface area contributed by atoms with Gasteiger partial charge in [-0.15, -0.1) is 0 Å². The summed E-state index contributed by atoms with van der Waals surface area (Å²) in [5.74, 6) is 1.05. The van der Waals surface area contributed by atoms with E-state index in [1.54, 1.807) is 24.7 Å². The van der Waals surface area contributed by atoms with Crippen LogP contribution in [0.5, 0.6) is 11.5 Å². The molecule has 0 saturated carbocycles. The molecule has 1 aromatic heterocycles. The van der Waals surface area contributed by atoms with Crippen LogP contribution in [-0.2, 0) is 21.8 Å². The molecule has 9 heteroatoms. The van der Waals surface area contributed by atoms with E-state index in [4.69, 9.17) is 14.2 Å². The van der Waals surface area contributed by atoms with Gasteiger partial charge in [0, 0.05) is 32.2 Å². The fraction of sp³-hybridized carbons (Fsp3) is 0.500. The van der Waals surface area contributed by atoms with E-state index in [0.29, 0.717) is 44.2 Å². The average molecular weight is 393 g/mol. The SMILES string of the molecule is Cn1cncc1[C@H]1C[C@@H](NS(=O)(=O)c2ccc3c(c2)OCCCO3)CCO1. The molecule has 0 bridgehead atoms. The number of rotatable bonds is 4.